The Hall–Kier alpha value is -0.930. The highest BCUT2D eigenvalue weighted by Gasteiger charge is 2.36. The maximum atomic E-state index is 10.5. The average Bonchev–Trinajstić information content (AvgIpc) is 2.40. The van der Waals surface area contributed by atoms with Gasteiger partial charge in [-0.3, -0.25) is 4.98 Å². The van der Waals surface area contributed by atoms with E-state index in [0.29, 0.717) is 12.0 Å². The van der Waals surface area contributed by atoms with Crippen molar-refractivity contribution < 1.29 is 5.11 Å². The molecule has 0 unspecified atom stereocenters. The molecule has 0 saturated heterocycles. The third-order valence-electron chi connectivity index (χ3n) is 4.33. The van der Waals surface area contributed by atoms with Gasteiger partial charge in [-0.1, -0.05) is 13.8 Å². The van der Waals surface area contributed by atoms with E-state index < -0.39 is 5.60 Å². The lowest BCUT2D eigenvalue weighted by molar-refractivity contribution is -0.0240. The number of nitrogens with zero attached hydrogens (tertiary/aromatic N) is 1. The molecular formula is C16H26N2O. The highest BCUT2D eigenvalue weighted by molar-refractivity contribution is 5.09. The van der Waals surface area contributed by atoms with Crippen LogP contribution in [-0.4, -0.2) is 28.8 Å². The van der Waals surface area contributed by atoms with Gasteiger partial charge < -0.3 is 10.4 Å². The van der Waals surface area contributed by atoms with E-state index >= 15 is 0 Å². The zero-order chi connectivity index (χ0) is 13.8. The predicted octanol–water partition coefficient (Wildman–Crippen LogP) is 2.55. The van der Waals surface area contributed by atoms with Crippen LogP contribution in [0.2, 0.25) is 0 Å². The quantitative estimate of drug-likeness (QED) is 0.802. The van der Waals surface area contributed by atoms with Crippen LogP contribution in [0.25, 0.3) is 0 Å². The molecule has 0 radical (unpaired) electrons. The highest BCUT2D eigenvalue weighted by atomic mass is 16.3. The summed E-state index contributed by atoms with van der Waals surface area (Å²) in [5.74, 6) is 0. The molecule has 1 heterocycles. The molecule has 106 valence electrons. The lowest BCUT2D eigenvalue weighted by Crippen LogP contribution is -2.45. The molecule has 0 aliphatic heterocycles. The van der Waals surface area contributed by atoms with Gasteiger partial charge in [-0.25, -0.2) is 0 Å². The molecule has 19 heavy (non-hydrogen) atoms. The Labute approximate surface area is 116 Å². The Morgan fingerprint density at radius 2 is 1.79 bits per heavy atom. The van der Waals surface area contributed by atoms with Gasteiger partial charge in [-0.2, -0.15) is 0 Å². The van der Waals surface area contributed by atoms with E-state index in [2.05, 4.69) is 24.1 Å². The van der Waals surface area contributed by atoms with Gasteiger partial charge >= 0.3 is 0 Å². The summed E-state index contributed by atoms with van der Waals surface area (Å²) >= 11 is 0. The summed E-state index contributed by atoms with van der Waals surface area (Å²) in [7, 11) is 0. The van der Waals surface area contributed by atoms with Crippen molar-refractivity contribution in [2.24, 2.45) is 5.41 Å². The molecule has 0 spiro atoms. The van der Waals surface area contributed by atoms with Crippen molar-refractivity contribution >= 4 is 0 Å². The second-order valence-corrected chi connectivity index (χ2v) is 6.67. The minimum absolute atomic E-state index is 0.406. The Bertz CT molecular complexity index is 379. The standard InChI is InChI=1S/C16H26N2O/c1-15(2)6-8-16(19,9-7-15)13-18-12-5-14-3-10-17-11-4-14/h3-4,10-11,18-19H,5-9,12-13H2,1-2H3. The van der Waals surface area contributed by atoms with Crippen LogP contribution in [0.5, 0.6) is 0 Å². The fraction of sp³-hybridized carbons (Fsp3) is 0.688. The van der Waals surface area contributed by atoms with Gasteiger partial charge in [0.25, 0.3) is 0 Å². The van der Waals surface area contributed by atoms with Gasteiger partial charge in [-0.05, 0) is 61.8 Å². The third kappa shape index (κ3) is 4.59. The molecule has 1 aromatic rings. The van der Waals surface area contributed by atoms with Crippen LogP contribution >= 0.6 is 0 Å². The molecule has 0 atom stereocenters. The zero-order valence-corrected chi connectivity index (χ0v) is 12.2. The highest BCUT2D eigenvalue weighted by Crippen LogP contribution is 2.39. The first kappa shape index (κ1) is 14.5. The molecule has 2 rings (SSSR count). The molecule has 1 saturated carbocycles. The zero-order valence-electron chi connectivity index (χ0n) is 12.2. The predicted molar refractivity (Wildman–Crippen MR) is 78.0 cm³/mol. The van der Waals surface area contributed by atoms with Crippen molar-refractivity contribution in [1.29, 1.82) is 0 Å². The largest absolute Gasteiger partial charge is 0.389 e. The average molecular weight is 262 g/mol. The van der Waals surface area contributed by atoms with E-state index in [9.17, 15) is 5.11 Å². The van der Waals surface area contributed by atoms with E-state index in [-0.39, 0.29) is 0 Å². The summed E-state index contributed by atoms with van der Waals surface area (Å²) in [6.07, 6.45) is 8.72. The van der Waals surface area contributed by atoms with Crippen LogP contribution < -0.4 is 5.32 Å². The molecule has 3 heteroatoms. The van der Waals surface area contributed by atoms with Gasteiger partial charge in [0.1, 0.15) is 0 Å². The number of aliphatic hydroxyl groups is 1. The maximum Gasteiger partial charge on any atom is 0.0772 e. The van der Waals surface area contributed by atoms with Crippen molar-refractivity contribution in [3.63, 3.8) is 0 Å². The Balaban J connectivity index is 1.68. The summed E-state index contributed by atoms with van der Waals surface area (Å²) in [5.41, 5.74) is 1.20. The van der Waals surface area contributed by atoms with Crippen molar-refractivity contribution in [3.05, 3.63) is 30.1 Å². The first-order valence-corrected chi connectivity index (χ1v) is 7.31. The summed E-state index contributed by atoms with van der Waals surface area (Å²) in [6.45, 7) is 6.22. The number of pyridine rings is 1. The minimum atomic E-state index is -0.492. The molecule has 0 bridgehead atoms. The minimum Gasteiger partial charge on any atom is -0.389 e. The van der Waals surface area contributed by atoms with E-state index in [1.165, 1.54) is 5.56 Å². The summed E-state index contributed by atoms with van der Waals surface area (Å²) < 4.78 is 0. The van der Waals surface area contributed by atoms with Crippen LogP contribution in [-0.2, 0) is 6.42 Å². The summed E-state index contributed by atoms with van der Waals surface area (Å²) in [5, 5.41) is 13.9. The Morgan fingerprint density at radius 1 is 1.16 bits per heavy atom. The fourth-order valence-electron chi connectivity index (χ4n) is 2.67. The number of aromatic nitrogens is 1. The molecule has 1 fully saturated rings. The van der Waals surface area contributed by atoms with Gasteiger partial charge in [0.15, 0.2) is 0 Å². The van der Waals surface area contributed by atoms with E-state index in [0.717, 1.165) is 38.6 Å². The molecule has 0 amide bonds. The van der Waals surface area contributed by atoms with E-state index in [1.54, 1.807) is 0 Å². The smallest absolute Gasteiger partial charge is 0.0772 e. The second-order valence-electron chi connectivity index (χ2n) is 6.67. The van der Waals surface area contributed by atoms with Crippen LogP contribution in [0.1, 0.15) is 45.1 Å². The van der Waals surface area contributed by atoms with Crippen LogP contribution in [0.15, 0.2) is 24.5 Å². The summed E-state index contributed by atoms with van der Waals surface area (Å²) in [6, 6.07) is 4.08. The van der Waals surface area contributed by atoms with Crippen molar-refractivity contribution in [2.45, 2.75) is 51.6 Å². The first-order valence-electron chi connectivity index (χ1n) is 7.31. The van der Waals surface area contributed by atoms with Crippen LogP contribution in [0, 0.1) is 5.41 Å². The molecular weight excluding hydrogens is 236 g/mol. The number of hydrogen-bond donors (Lipinski definition) is 2. The molecule has 3 nitrogen and oxygen atoms in total. The van der Waals surface area contributed by atoms with Gasteiger partial charge in [-0.15, -0.1) is 0 Å². The van der Waals surface area contributed by atoms with Gasteiger partial charge in [0.2, 0.25) is 0 Å². The Morgan fingerprint density at radius 3 is 2.42 bits per heavy atom. The van der Waals surface area contributed by atoms with Crippen LogP contribution in [0.3, 0.4) is 0 Å². The van der Waals surface area contributed by atoms with Crippen molar-refractivity contribution in [2.75, 3.05) is 13.1 Å². The third-order valence-corrected chi connectivity index (χ3v) is 4.33. The first-order chi connectivity index (χ1) is 8.99. The molecule has 1 aliphatic rings. The lowest BCUT2D eigenvalue weighted by Gasteiger charge is -2.40. The maximum absolute atomic E-state index is 10.5. The van der Waals surface area contributed by atoms with Gasteiger partial charge in [0, 0.05) is 18.9 Å². The van der Waals surface area contributed by atoms with Crippen molar-refractivity contribution in [3.8, 4) is 0 Å². The number of nitrogens with one attached hydrogen (secondary N) is 1. The molecule has 2 N–H and O–H groups in total. The number of rotatable bonds is 5. The van der Waals surface area contributed by atoms with Gasteiger partial charge in [0.05, 0.1) is 5.60 Å². The lowest BCUT2D eigenvalue weighted by atomic mass is 9.71. The normalized spacial score (nSPS) is 21.2. The fourth-order valence-corrected chi connectivity index (χ4v) is 2.67. The van der Waals surface area contributed by atoms with Crippen LogP contribution in [0.4, 0.5) is 0 Å². The second kappa shape index (κ2) is 6.02. The Kier molecular flexibility index (Phi) is 4.58. The summed E-state index contributed by atoms with van der Waals surface area (Å²) in [4.78, 5) is 4.01. The molecule has 1 aromatic heterocycles. The number of hydrogen-bond acceptors (Lipinski definition) is 3. The SMILES string of the molecule is CC1(C)CCC(O)(CNCCc2ccncc2)CC1. The van der Waals surface area contributed by atoms with Crippen molar-refractivity contribution in [1.82, 2.24) is 10.3 Å². The molecule has 1 aliphatic carbocycles. The monoisotopic (exact) mass is 262 g/mol. The topological polar surface area (TPSA) is 45.1 Å². The van der Waals surface area contributed by atoms with E-state index in [4.69, 9.17) is 0 Å². The van der Waals surface area contributed by atoms with E-state index in [1.807, 2.05) is 24.5 Å². The molecule has 0 aromatic carbocycles.